The average Bonchev–Trinajstić information content (AvgIpc) is 2.87. The van der Waals surface area contributed by atoms with Crippen LogP contribution in [0.25, 0.3) is 0 Å². The van der Waals surface area contributed by atoms with Crippen LogP contribution in [0, 0.1) is 12.3 Å². The van der Waals surface area contributed by atoms with Crippen molar-refractivity contribution in [2.24, 2.45) is 0 Å². The van der Waals surface area contributed by atoms with Crippen LogP contribution in [0.4, 0.5) is 11.4 Å². The van der Waals surface area contributed by atoms with Crippen LogP contribution in [0.5, 0.6) is 0 Å². The molecule has 102 valence electrons. The van der Waals surface area contributed by atoms with Crippen molar-refractivity contribution in [3.05, 3.63) is 23.8 Å². The van der Waals surface area contributed by atoms with E-state index >= 15 is 0 Å². The number of carbonyl (C=O) groups excluding carboxylic acids is 1. The highest BCUT2D eigenvalue weighted by molar-refractivity contribution is 5.95. The second kappa shape index (κ2) is 5.73. The van der Waals surface area contributed by atoms with Gasteiger partial charge in [-0.3, -0.25) is 10.2 Å². The lowest BCUT2D eigenvalue weighted by molar-refractivity contribution is -0.114. The summed E-state index contributed by atoms with van der Waals surface area (Å²) >= 11 is 0. The zero-order valence-electron chi connectivity index (χ0n) is 11.4. The molecule has 3 N–H and O–H groups in total. The number of nitrogens with one attached hydrogen (secondary N) is 3. The van der Waals surface area contributed by atoms with E-state index in [4.69, 9.17) is 5.41 Å². The fourth-order valence-corrected chi connectivity index (χ4v) is 2.24. The van der Waals surface area contributed by atoms with Gasteiger partial charge in [-0.05, 0) is 37.5 Å². The predicted octanol–water partition coefficient (Wildman–Crippen LogP) is 2.40. The molecule has 1 aliphatic heterocycles. The van der Waals surface area contributed by atoms with Gasteiger partial charge in [0.15, 0.2) is 5.96 Å². The first kappa shape index (κ1) is 13.4. The molecule has 1 aromatic rings. The topological polar surface area (TPSA) is 68.2 Å². The normalized spacial score (nSPS) is 14.3. The molecule has 0 unspecified atom stereocenters. The third-order valence-corrected chi connectivity index (χ3v) is 3.32. The van der Waals surface area contributed by atoms with Gasteiger partial charge >= 0.3 is 0 Å². The van der Waals surface area contributed by atoms with Crippen molar-refractivity contribution < 1.29 is 4.79 Å². The Hall–Kier alpha value is -2.04. The molecule has 1 amide bonds. The van der Waals surface area contributed by atoms with Crippen molar-refractivity contribution in [3.8, 4) is 0 Å². The number of rotatable bonds is 2. The number of guanidine groups is 1. The maximum atomic E-state index is 11.1. The number of carbonyl (C=O) groups is 1. The Morgan fingerprint density at radius 3 is 2.37 bits per heavy atom. The van der Waals surface area contributed by atoms with Crippen molar-refractivity contribution in [1.29, 1.82) is 5.41 Å². The Morgan fingerprint density at radius 1 is 1.21 bits per heavy atom. The zero-order chi connectivity index (χ0) is 13.8. The lowest BCUT2D eigenvalue weighted by atomic mass is 10.1. The van der Waals surface area contributed by atoms with Gasteiger partial charge in [0.25, 0.3) is 0 Å². The van der Waals surface area contributed by atoms with E-state index in [1.165, 1.54) is 6.92 Å². The lowest BCUT2D eigenvalue weighted by Gasteiger charge is -2.21. The first-order chi connectivity index (χ1) is 9.08. The monoisotopic (exact) mass is 260 g/mol. The molecule has 0 aromatic heterocycles. The van der Waals surface area contributed by atoms with E-state index in [2.05, 4.69) is 10.6 Å². The molecule has 2 rings (SSSR count). The van der Waals surface area contributed by atoms with Crippen LogP contribution >= 0.6 is 0 Å². The molecule has 1 aromatic carbocycles. The van der Waals surface area contributed by atoms with Crippen LogP contribution < -0.4 is 10.6 Å². The molecule has 0 bridgehead atoms. The Bertz CT molecular complexity index is 492. The van der Waals surface area contributed by atoms with E-state index < -0.39 is 0 Å². The number of hydrogen-bond acceptors (Lipinski definition) is 2. The molecule has 19 heavy (non-hydrogen) atoms. The van der Waals surface area contributed by atoms with Gasteiger partial charge in [0, 0.05) is 31.4 Å². The van der Waals surface area contributed by atoms with Crippen molar-refractivity contribution in [3.63, 3.8) is 0 Å². The van der Waals surface area contributed by atoms with Gasteiger partial charge in [0.1, 0.15) is 0 Å². The summed E-state index contributed by atoms with van der Waals surface area (Å²) in [6.07, 6.45) is 2.30. The second-order valence-electron chi connectivity index (χ2n) is 4.83. The van der Waals surface area contributed by atoms with E-state index in [1.807, 2.05) is 30.0 Å². The van der Waals surface area contributed by atoms with Gasteiger partial charge in [-0.2, -0.15) is 0 Å². The summed E-state index contributed by atoms with van der Waals surface area (Å²) < 4.78 is 0. The van der Waals surface area contributed by atoms with Crippen LogP contribution in [0.15, 0.2) is 18.2 Å². The Morgan fingerprint density at radius 2 is 1.79 bits per heavy atom. The zero-order valence-corrected chi connectivity index (χ0v) is 11.4. The molecule has 0 spiro atoms. The number of nitrogens with zero attached hydrogens (tertiary/aromatic N) is 1. The average molecular weight is 260 g/mol. The van der Waals surface area contributed by atoms with Crippen molar-refractivity contribution in [1.82, 2.24) is 4.90 Å². The molecule has 5 nitrogen and oxygen atoms in total. The van der Waals surface area contributed by atoms with Gasteiger partial charge in [-0.25, -0.2) is 0 Å². The lowest BCUT2D eigenvalue weighted by Crippen LogP contribution is -2.33. The largest absolute Gasteiger partial charge is 0.343 e. The predicted molar refractivity (Wildman–Crippen MR) is 77.6 cm³/mol. The molecule has 1 saturated heterocycles. The van der Waals surface area contributed by atoms with Crippen LogP contribution in [0.2, 0.25) is 0 Å². The van der Waals surface area contributed by atoms with E-state index in [0.717, 1.165) is 42.9 Å². The van der Waals surface area contributed by atoms with Gasteiger partial charge in [-0.1, -0.05) is 6.07 Å². The highest BCUT2D eigenvalue weighted by Crippen LogP contribution is 2.23. The SMILES string of the molecule is CC(=O)Nc1cccc(NC(=N)N2CCCC2)c1C. The standard InChI is InChI=1S/C14H20N4O/c1-10-12(16-11(2)19)6-5-7-13(10)17-14(15)18-8-3-4-9-18/h5-7H,3-4,8-9H2,1-2H3,(H2,15,17)(H,16,19). The Labute approximate surface area is 113 Å². The number of benzene rings is 1. The number of hydrogen-bond donors (Lipinski definition) is 3. The summed E-state index contributed by atoms with van der Waals surface area (Å²) in [7, 11) is 0. The van der Waals surface area contributed by atoms with Crippen molar-refractivity contribution >= 4 is 23.2 Å². The fourth-order valence-electron chi connectivity index (χ4n) is 2.24. The van der Waals surface area contributed by atoms with Gasteiger partial charge < -0.3 is 15.5 Å². The fraction of sp³-hybridized carbons (Fsp3) is 0.429. The number of likely N-dealkylation sites (tertiary alicyclic amines) is 1. The summed E-state index contributed by atoms with van der Waals surface area (Å²) in [6.45, 7) is 5.31. The molecule has 1 fully saturated rings. The third-order valence-electron chi connectivity index (χ3n) is 3.32. The van der Waals surface area contributed by atoms with Crippen LogP contribution in [0.1, 0.15) is 25.3 Å². The van der Waals surface area contributed by atoms with E-state index in [1.54, 1.807) is 0 Å². The third kappa shape index (κ3) is 3.24. The molecule has 0 radical (unpaired) electrons. The van der Waals surface area contributed by atoms with E-state index in [9.17, 15) is 4.79 Å². The number of anilines is 2. The van der Waals surface area contributed by atoms with Crippen molar-refractivity contribution in [2.45, 2.75) is 26.7 Å². The summed E-state index contributed by atoms with van der Waals surface area (Å²) in [5.74, 6) is 0.343. The maximum Gasteiger partial charge on any atom is 0.221 e. The minimum atomic E-state index is -0.0881. The molecule has 0 atom stereocenters. The van der Waals surface area contributed by atoms with Gasteiger partial charge in [0.2, 0.25) is 5.91 Å². The Balaban J connectivity index is 2.11. The Kier molecular flexibility index (Phi) is 4.04. The molecular weight excluding hydrogens is 240 g/mol. The minimum Gasteiger partial charge on any atom is -0.343 e. The summed E-state index contributed by atoms with van der Waals surface area (Å²) in [5, 5.41) is 14.0. The van der Waals surface area contributed by atoms with Crippen molar-refractivity contribution in [2.75, 3.05) is 23.7 Å². The number of amides is 1. The van der Waals surface area contributed by atoms with E-state index in [0.29, 0.717) is 5.96 Å². The molecule has 1 heterocycles. The molecule has 1 aliphatic rings. The van der Waals surface area contributed by atoms with E-state index in [-0.39, 0.29) is 5.91 Å². The quantitative estimate of drug-likeness (QED) is 0.565. The first-order valence-electron chi connectivity index (χ1n) is 6.55. The highest BCUT2D eigenvalue weighted by Gasteiger charge is 2.15. The van der Waals surface area contributed by atoms with Gasteiger partial charge in [0.05, 0.1) is 0 Å². The minimum absolute atomic E-state index is 0.0881. The highest BCUT2D eigenvalue weighted by atomic mass is 16.1. The summed E-state index contributed by atoms with van der Waals surface area (Å²) in [4.78, 5) is 13.2. The molecule has 0 saturated carbocycles. The smallest absolute Gasteiger partial charge is 0.221 e. The first-order valence-corrected chi connectivity index (χ1v) is 6.55. The van der Waals surface area contributed by atoms with Crippen LogP contribution in [0.3, 0.4) is 0 Å². The maximum absolute atomic E-state index is 11.1. The second-order valence-corrected chi connectivity index (χ2v) is 4.83. The van der Waals surface area contributed by atoms with Crippen LogP contribution in [-0.2, 0) is 4.79 Å². The molecule has 5 heteroatoms. The van der Waals surface area contributed by atoms with Gasteiger partial charge in [-0.15, -0.1) is 0 Å². The summed E-state index contributed by atoms with van der Waals surface area (Å²) in [6, 6.07) is 5.66. The molecular formula is C14H20N4O. The molecule has 0 aliphatic carbocycles. The summed E-state index contributed by atoms with van der Waals surface area (Å²) in [5.41, 5.74) is 2.59. The van der Waals surface area contributed by atoms with Crippen LogP contribution in [-0.4, -0.2) is 29.9 Å².